The van der Waals surface area contributed by atoms with Crippen LogP contribution in [0, 0.1) is 0 Å². The molecule has 2 rings (SSSR count). The highest BCUT2D eigenvalue weighted by molar-refractivity contribution is 9.10. The molecule has 0 bridgehead atoms. The van der Waals surface area contributed by atoms with Crippen molar-refractivity contribution in [3.8, 4) is 5.75 Å². The third kappa shape index (κ3) is 3.74. The van der Waals surface area contributed by atoms with Gasteiger partial charge in [-0.2, -0.15) is 8.78 Å². The molecule has 1 amide bonds. The number of alkyl halides is 2. The largest absolute Gasteiger partial charge is 0.435 e. The molecule has 0 aliphatic carbocycles. The number of carbonyl (C=O) groups excluding carboxylic acids is 1. The van der Waals surface area contributed by atoms with E-state index in [9.17, 15) is 13.6 Å². The number of nitrogens with zero attached hydrogens (tertiary/aromatic N) is 1. The van der Waals surface area contributed by atoms with Crippen molar-refractivity contribution < 1.29 is 18.3 Å². The number of nitrogens with one attached hydrogen (secondary N) is 1. The van der Waals surface area contributed by atoms with E-state index in [0.717, 1.165) is 0 Å². The number of anilines is 1. The van der Waals surface area contributed by atoms with E-state index in [4.69, 9.17) is 0 Å². The molecule has 1 N–H and O–H groups in total. The van der Waals surface area contributed by atoms with Gasteiger partial charge >= 0.3 is 6.61 Å². The minimum Gasteiger partial charge on any atom is -0.435 e. The van der Waals surface area contributed by atoms with Gasteiger partial charge in [-0.15, -0.1) is 0 Å². The van der Waals surface area contributed by atoms with Crippen molar-refractivity contribution in [2.45, 2.75) is 6.61 Å². The van der Waals surface area contributed by atoms with E-state index in [-0.39, 0.29) is 11.4 Å². The molecule has 0 atom stereocenters. The Labute approximate surface area is 121 Å². The first-order valence-corrected chi connectivity index (χ1v) is 6.32. The smallest absolute Gasteiger partial charge is 0.387 e. The van der Waals surface area contributed by atoms with E-state index in [1.54, 1.807) is 12.1 Å². The van der Waals surface area contributed by atoms with E-state index >= 15 is 0 Å². The quantitative estimate of drug-likeness (QED) is 0.921. The fourth-order valence-corrected chi connectivity index (χ4v) is 1.90. The van der Waals surface area contributed by atoms with Crippen LogP contribution in [0.25, 0.3) is 0 Å². The van der Waals surface area contributed by atoms with Crippen LogP contribution < -0.4 is 10.1 Å². The zero-order valence-electron chi connectivity index (χ0n) is 10.0. The van der Waals surface area contributed by atoms with Gasteiger partial charge in [0.2, 0.25) is 0 Å². The van der Waals surface area contributed by atoms with Crippen LogP contribution in [0.1, 0.15) is 10.5 Å². The SMILES string of the molecule is O=C(Nc1ccc(OC(F)F)cc1)c1ncccc1Br. The maximum atomic E-state index is 12.0. The number of ether oxygens (including phenoxy) is 1. The summed E-state index contributed by atoms with van der Waals surface area (Å²) in [5.74, 6) is -0.378. The second-order valence-electron chi connectivity index (χ2n) is 3.69. The first-order valence-electron chi connectivity index (χ1n) is 5.53. The molecule has 20 heavy (non-hydrogen) atoms. The minimum atomic E-state index is -2.88. The summed E-state index contributed by atoms with van der Waals surface area (Å²) in [7, 11) is 0. The van der Waals surface area contributed by atoms with Crippen LogP contribution in [0.15, 0.2) is 47.1 Å². The standard InChI is InChI=1S/C13H9BrF2N2O2/c14-10-2-1-7-17-11(10)12(19)18-8-3-5-9(6-4-8)20-13(15)16/h1-7,13H,(H,18,19). The monoisotopic (exact) mass is 342 g/mol. The van der Waals surface area contributed by atoms with Crippen LogP contribution in [-0.2, 0) is 0 Å². The number of hydrogen-bond donors (Lipinski definition) is 1. The van der Waals surface area contributed by atoms with Crippen molar-refractivity contribution in [1.29, 1.82) is 0 Å². The van der Waals surface area contributed by atoms with Gasteiger partial charge in [0.25, 0.3) is 5.91 Å². The van der Waals surface area contributed by atoms with E-state index < -0.39 is 12.5 Å². The van der Waals surface area contributed by atoms with E-state index in [1.807, 2.05) is 0 Å². The Balaban J connectivity index is 2.07. The molecular formula is C13H9BrF2N2O2. The molecule has 1 aromatic carbocycles. The van der Waals surface area contributed by atoms with Crippen molar-refractivity contribution in [2.24, 2.45) is 0 Å². The summed E-state index contributed by atoms with van der Waals surface area (Å²) in [6, 6.07) is 9.00. The fourth-order valence-electron chi connectivity index (χ4n) is 1.46. The number of benzene rings is 1. The molecule has 0 radical (unpaired) electrons. The van der Waals surface area contributed by atoms with E-state index in [2.05, 4.69) is 31.0 Å². The fraction of sp³-hybridized carbons (Fsp3) is 0.0769. The topological polar surface area (TPSA) is 51.2 Å². The van der Waals surface area contributed by atoms with Crippen LogP contribution in [0.5, 0.6) is 5.75 Å². The van der Waals surface area contributed by atoms with Gasteiger partial charge in [0.15, 0.2) is 0 Å². The molecule has 4 nitrogen and oxygen atoms in total. The predicted octanol–water partition coefficient (Wildman–Crippen LogP) is 3.70. The Morgan fingerprint density at radius 3 is 2.55 bits per heavy atom. The molecule has 104 valence electrons. The average Bonchev–Trinajstić information content (AvgIpc) is 2.41. The predicted molar refractivity (Wildman–Crippen MR) is 73.0 cm³/mol. The van der Waals surface area contributed by atoms with Gasteiger partial charge in [-0.1, -0.05) is 0 Å². The van der Waals surface area contributed by atoms with Gasteiger partial charge in [0, 0.05) is 16.4 Å². The van der Waals surface area contributed by atoms with Crippen molar-refractivity contribution >= 4 is 27.5 Å². The highest BCUT2D eigenvalue weighted by atomic mass is 79.9. The summed E-state index contributed by atoms with van der Waals surface area (Å²) in [4.78, 5) is 15.9. The molecule has 0 saturated heterocycles. The zero-order chi connectivity index (χ0) is 14.5. The second-order valence-corrected chi connectivity index (χ2v) is 4.55. The highest BCUT2D eigenvalue weighted by Crippen LogP contribution is 2.19. The number of carbonyl (C=O) groups is 1. The number of halogens is 3. The number of aromatic nitrogens is 1. The number of rotatable bonds is 4. The zero-order valence-corrected chi connectivity index (χ0v) is 11.6. The summed E-state index contributed by atoms with van der Waals surface area (Å²) in [6.45, 7) is -2.88. The molecule has 7 heteroatoms. The van der Waals surface area contributed by atoms with Crippen molar-refractivity contribution in [2.75, 3.05) is 5.32 Å². The van der Waals surface area contributed by atoms with Crippen LogP contribution in [0.2, 0.25) is 0 Å². The lowest BCUT2D eigenvalue weighted by atomic mass is 10.3. The number of hydrogen-bond acceptors (Lipinski definition) is 3. The van der Waals surface area contributed by atoms with Gasteiger partial charge < -0.3 is 10.1 Å². The van der Waals surface area contributed by atoms with Gasteiger partial charge in [-0.05, 0) is 52.3 Å². The van der Waals surface area contributed by atoms with Crippen LogP contribution in [-0.4, -0.2) is 17.5 Å². The van der Waals surface area contributed by atoms with Crippen LogP contribution in [0.3, 0.4) is 0 Å². The summed E-state index contributed by atoms with van der Waals surface area (Å²) in [5.41, 5.74) is 0.689. The lowest BCUT2D eigenvalue weighted by Crippen LogP contribution is -2.14. The molecule has 1 heterocycles. The van der Waals surface area contributed by atoms with Crippen molar-refractivity contribution in [3.63, 3.8) is 0 Å². The van der Waals surface area contributed by atoms with E-state index in [0.29, 0.717) is 10.2 Å². The second kappa shape index (κ2) is 6.42. The summed E-state index contributed by atoms with van der Waals surface area (Å²) in [6.07, 6.45) is 1.50. The Morgan fingerprint density at radius 1 is 1.25 bits per heavy atom. The molecular weight excluding hydrogens is 334 g/mol. The van der Waals surface area contributed by atoms with E-state index in [1.165, 1.54) is 30.5 Å². The van der Waals surface area contributed by atoms with Gasteiger partial charge in [0.1, 0.15) is 11.4 Å². The number of amides is 1. The molecule has 0 unspecified atom stereocenters. The molecule has 1 aromatic heterocycles. The Morgan fingerprint density at radius 2 is 1.95 bits per heavy atom. The Bertz CT molecular complexity index is 606. The summed E-state index contributed by atoms with van der Waals surface area (Å²) < 4.78 is 28.8. The van der Waals surface area contributed by atoms with Gasteiger partial charge in [-0.3, -0.25) is 4.79 Å². The molecule has 0 fully saturated rings. The molecule has 2 aromatic rings. The van der Waals surface area contributed by atoms with Gasteiger partial charge in [-0.25, -0.2) is 4.98 Å². The minimum absolute atomic E-state index is 0.0250. The lowest BCUT2D eigenvalue weighted by Gasteiger charge is -2.07. The third-order valence-electron chi connectivity index (χ3n) is 2.31. The van der Waals surface area contributed by atoms with Gasteiger partial charge in [0.05, 0.1) is 0 Å². The maximum Gasteiger partial charge on any atom is 0.387 e. The summed E-state index contributed by atoms with van der Waals surface area (Å²) in [5, 5.41) is 2.61. The first kappa shape index (κ1) is 14.4. The lowest BCUT2D eigenvalue weighted by molar-refractivity contribution is -0.0498. The number of pyridine rings is 1. The van der Waals surface area contributed by atoms with Crippen LogP contribution >= 0.6 is 15.9 Å². The molecule has 0 aliphatic heterocycles. The summed E-state index contributed by atoms with van der Waals surface area (Å²) >= 11 is 3.22. The Kier molecular flexibility index (Phi) is 4.62. The molecule has 0 spiro atoms. The maximum absolute atomic E-state index is 12.0. The van der Waals surface area contributed by atoms with Crippen molar-refractivity contribution in [3.05, 3.63) is 52.8 Å². The van der Waals surface area contributed by atoms with Crippen LogP contribution in [0.4, 0.5) is 14.5 Å². The first-order chi connectivity index (χ1) is 9.56. The molecule has 0 saturated carbocycles. The molecule has 0 aliphatic rings. The normalized spacial score (nSPS) is 10.4. The average molecular weight is 343 g/mol. The van der Waals surface area contributed by atoms with Crippen molar-refractivity contribution in [1.82, 2.24) is 4.98 Å². The Hall–Kier alpha value is -2.02. The third-order valence-corrected chi connectivity index (χ3v) is 2.95. The highest BCUT2D eigenvalue weighted by Gasteiger charge is 2.11.